The van der Waals surface area contributed by atoms with Crippen LogP contribution in [0.4, 0.5) is 5.95 Å². The summed E-state index contributed by atoms with van der Waals surface area (Å²) >= 11 is 0. The SMILES string of the molecule is COc1cccc(OC)c1-n1c(NS(=O)(=O)[C@@H](C)[C@@H](OC(C)C)c2ncc(C)cn2)nnc1[C@H]1CCC[C@H]1OC. The molecule has 0 spiro atoms. The molecular weight excluding hydrogens is 536 g/mol. The molecule has 0 amide bonds. The van der Waals surface area contributed by atoms with Crippen molar-refractivity contribution in [2.75, 3.05) is 26.1 Å². The Hall–Kier alpha value is -3.29. The summed E-state index contributed by atoms with van der Waals surface area (Å²) in [6.45, 7) is 7.08. The molecule has 4 atom stereocenters. The number of hydrogen-bond acceptors (Lipinski definition) is 10. The van der Waals surface area contributed by atoms with Crippen LogP contribution in [0.5, 0.6) is 11.5 Å². The second kappa shape index (κ2) is 12.5. The fraction of sp³-hybridized carbons (Fsp3) is 0.556. The highest BCUT2D eigenvalue weighted by atomic mass is 32.2. The summed E-state index contributed by atoms with van der Waals surface area (Å²) in [5.41, 5.74) is 1.34. The van der Waals surface area contributed by atoms with Gasteiger partial charge in [-0.1, -0.05) is 12.5 Å². The number of para-hydroxylation sites is 1. The van der Waals surface area contributed by atoms with Crippen molar-refractivity contribution in [3.8, 4) is 17.2 Å². The van der Waals surface area contributed by atoms with Gasteiger partial charge in [0.05, 0.1) is 26.4 Å². The van der Waals surface area contributed by atoms with E-state index < -0.39 is 21.4 Å². The van der Waals surface area contributed by atoms with Crippen LogP contribution in [0.25, 0.3) is 5.69 Å². The monoisotopic (exact) mass is 574 g/mol. The number of anilines is 1. The van der Waals surface area contributed by atoms with Gasteiger partial charge >= 0.3 is 0 Å². The summed E-state index contributed by atoms with van der Waals surface area (Å²) in [7, 11) is 0.639. The first-order chi connectivity index (χ1) is 19.1. The van der Waals surface area contributed by atoms with Gasteiger partial charge in [-0.05, 0) is 58.2 Å². The van der Waals surface area contributed by atoms with Crippen LogP contribution in [-0.2, 0) is 19.5 Å². The minimum absolute atomic E-state index is 0.000440. The molecule has 40 heavy (non-hydrogen) atoms. The number of benzene rings is 1. The van der Waals surface area contributed by atoms with Crippen LogP contribution >= 0.6 is 0 Å². The van der Waals surface area contributed by atoms with Crippen LogP contribution in [0, 0.1) is 6.92 Å². The lowest BCUT2D eigenvalue weighted by Gasteiger charge is -2.26. The van der Waals surface area contributed by atoms with Crippen LogP contribution in [0.3, 0.4) is 0 Å². The molecule has 1 saturated carbocycles. The highest BCUT2D eigenvalue weighted by Crippen LogP contribution is 2.42. The third-order valence-electron chi connectivity index (χ3n) is 7.02. The van der Waals surface area contributed by atoms with E-state index in [1.165, 1.54) is 14.2 Å². The first kappa shape index (κ1) is 29.7. The Morgan fingerprint density at radius 1 is 1.00 bits per heavy atom. The van der Waals surface area contributed by atoms with Crippen molar-refractivity contribution >= 4 is 16.0 Å². The van der Waals surface area contributed by atoms with Gasteiger partial charge in [-0.3, -0.25) is 9.29 Å². The van der Waals surface area contributed by atoms with Gasteiger partial charge in [-0.15, -0.1) is 10.2 Å². The predicted octanol–water partition coefficient (Wildman–Crippen LogP) is 3.96. The number of methoxy groups -OCH3 is 3. The Labute approximate surface area is 235 Å². The molecular formula is C27H38N6O6S. The molecule has 4 rings (SSSR count). The molecule has 0 unspecified atom stereocenters. The van der Waals surface area contributed by atoms with E-state index in [2.05, 4.69) is 24.9 Å². The van der Waals surface area contributed by atoms with E-state index in [1.54, 1.807) is 49.2 Å². The maximum absolute atomic E-state index is 13.9. The molecule has 12 nitrogen and oxygen atoms in total. The number of nitrogens with one attached hydrogen (secondary N) is 1. The van der Waals surface area contributed by atoms with Crippen LogP contribution in [0.15, 0.2) is 30.6 Å². The second-order valence-electron chi connectivity index (χ2n) is 10.1. The molecule has 2 aromatic heterocycles. The third-order valence-corrected chi connectivity index (χ3v) is 8.72. The van der Waals surface area contributed by atoms with E-state index in [0.29, 0.717) is 23.0 Å². The van der Waals surface area contributed by atoms with Gasteiger partial charge in [-0.2, -0.15) is 0 Å². The Balaban J connectivity index is 1.81. The van der Waals surface area contributed by atoms with Gasteiger partial charge < -0.3 is 18.9 Å². The van der Waals surface area contributed by atoms with E-state index in [9.17, 15) is 8.42 Å². The average molecular weight is 575 g/mol. The molecule has 218 valence electrons. The smallest absolute Gasteiger partial charge is 0.243 e. The molecule has 3 aromatic rings. The zero-order valence-electron chi connectivity index (χ0n) is 24.0. The topological polar surface area (TPSA) is 140 Å². The van der Waals surface area contributed by atoms with Gasteiger partial charge in [-0.25, -0.2) is 18.4 Å². The zero-order valence-corrected chi connectivity index (χ0v) is 24.8. The first-order valence-corrected chi connectivity index (χ1v) is 14.8. The molecule has 0 aliphatic heterocycles. The quantitative estimate of drug-likeness (QED) is 0.338. The molecule has 0 saturated heterocycles. The van der Waals surface area contributed by atoms with Crippen LogP contribution in [-0.4, -0.2) is 71.9 Å². The van der Waals surface area contributed by atoms with Crippen molar-refractivity contribution in [2.24, 2.45) is 0 Å². The molecule has 1 aliphatic carbocycles. The van der Waals surface area contributed by atoms with Gasteiger partial charge in [0, 0.05) is 25.4 Å². The fourth-order valence-electron chi connectivity index (χ4n) is 4.99. The van der Waals surface area contributed by atoms with Crippen molar-refractivity contribution in [3.63, 3.8) is 0 Å². The molecule has 0 bridgehead atoms. The minimum Gasteiger partial charge on any atom is -0.494 e. The van der Waals surface area contributed by atoms with Crippen molar-refractivity contribution in [2.45, 2.75) is 76.4 Å². The summed E-state index contributed by atoms with van der Waals surface area (Å²) < 4.78 is 55.2. The lowest BCUT2D eigenvalue weighted by atomic mass is 10.0. The lowest BCUT2D eigenvalue weighted by Crippen LogP contribution is -2.35. The summed E-state index contributed by atoms with van der Waals surface area (Å²) in [6, 6.07) is 5.33. The number of nitrogens with zero attached hydrogens (tertiary/aromatic N) is 5. The maximum atomic E-state index is 13.9. The molecule has 1 N–H and O–H groups in total. The van der Waals surface area contributed by atoms with E-state index >= 15 is 0 Å². The van der Waals surface area contributed by atoms with Gasteiger partial charge in [0.1, 0.15) is 34.4 Å². The van der Waals surface area contributed by atoms with Crippen molar-refractivity contribution in [1.29, 1.82) is 0 Å². The maximum Gasteiger partial charge on any atom is 0.243 e. The van der Waals surface area contributed by atoms with E-state index in [4.69, 9.17) is 18.9 Å². The number of ether oxygens (including phenoxy) is 4. The first-order valence-electron chi connectivity index (χ1n) is 13.3. The van der Waals surface area contributed by atoms with Crippen LogP contribution in [0.2, 0.25) is 0 Å². The standard InChI is InChI=1S/C27H38N6O6S/c1-16(2)39-24(25-28-14-17(3)15-29-25)18(4)40(34,35)32-27-31-30-26(19-10-8-11-20(19)36-5)33(27)23-21(37-6)12-9-13-22(23)38-7/h9,12-16,18-20,24H,8,10-11H2,1-7H3,(H,31,32)/t18-,19-,20+,24+/m0/s1. The molecule has 13 heteroatoms. The number of hydrogen-bond donors (Lipinski definition) is 1. The minimum atomic E-state index is -4.11. The molecule has 1 fully saturated rings. The number of sulfonamides is 1. The van der Waals surface area contributed by atoms with E-state index in [-0.39, 0.29) is 29.9 Å². The molecule has 1 aliphatic rings. The van der Waals surface area contributed by atoms with E-state index in [0.717, 1.165) is 24.8 Å². The van der Waals surface area contributed by atoms with Crippen LogP contribution in [0.1, 0.15) is 69.3 Å². The average Bonchev–Trinajstić information content (AvgIpc) is 3.57. The Kier molecular flexibility index (Phi) is 9.26. The van der Waals surface area contributed by atoms with E-state index in [1.807, 2.05) is 20.8 Å². The second-order valence-corrected chi connectivity index (χ2v) is 12.2. The van der Waals surface area contributed by atoms with Gasteiger partial charge in [0.2, 0.25) is 16.0 Å². The number of rotatable bonds is 12. The number of aryl methyl sites for hydroxylation is 1. The summed E-state index contributed by atoms with van der Waals surface area (Å²) in [4.78, 5) is 8.70. The summed E-state index contributed by atoms with van der Waals surface area (Å²) in [6.07, 6.45) is 4.60. The zero-order chi connectivity index (χ0) is 29.0. The Bertz CT molecular complexity index is 1370. The Morgan fingerprint density at radius 2 is 1.65 bits per heavy atom. The normalized spacial score (nSPS) is 19.0. The number of aromatic nitrogens is 5. The van der Waals surface area contributed by atoms with Crippen molar-refractivity contribution in [1.82, 2.24) is 24.7 Å². The van der Waals surface area contributed by atoms with Gasteiger partial charge in [0.15, 0.2) is 5.82 Å². The Morgan fingerprint density at radius 3 is 2.23 bits per heavy atom. The fourth-order valence-corrected chi connectivity index (χ4v) is 6.07. The van der Waals surface area contributed by atoms with Crippen molar-refractivity contribution in [3.05, 3.63) is 47.8 Å². The third kappa shape index (κ3) is 6.06. The predicted molar refractivity (Wildman–Crippen MR) is 150 cm³/mol. The summed E-state index contributed by atoms with van der Waals surface area (Å²) in [5, 5.41) is 7.70. The summed E-state index contributed by atoms with van der Waals surface area (Å²) in [5.74, 6) is 1.65. The highest BCUT2D eigenvalue weighted by molar-refractivity contribution is 7.93. The molecule has 1 aromatic carbocycles. The van der Waals surface area contributed by atoms with Crippen LogP contribution < -0.4 is 14.2 Å². The van der Waals surface area contributed by atoms with Crippen molar-refractivity contribution < 1.29 is 27.4 Å². The molecule has 0 radical (unpaired) electrons. The largest absolute Gasteiger partial charge is 0.494 e. The molecule has 2 heterocycles. The highest BCUT2D eigenvalue weighted by Gasteiger charge is 2.38. The van der Waals surface area contributed by atoms with Gasteiger partial charge in [0.25, 0.3) is 0 Å². The lowest BCUT2D eigenvalue weighted by molar-refractivity contribution is 0.00152.